The van der Waals surface area contributed by atoms with Gasteiger partial charge in [-0.15, -0.1) is 0 Å². The largest absolute Gasteiger partial charge is 0.494 e. The van der Waals surface area contributed by atoms with E-state index in [1.165, 1.54) is 37.6 Å². The van der Waals surface area contributed by atoms with Gasteiger partial charge in [-0.2, -0.15) is 5.26 Å². The van der Waals surface area contributed by atoms with Gasteiger partial charge in [0.25, 0.3) is 0 Å². The van der Waals surface area contributed by atoms with E-state index in [0.29, 0.717) is 40.3 Å². The Balaban J connectivity index is 1.60. The molecular weight excluding hydrogens is 485 g/mol. The molecule has 4 rings (SSSR count). The number of nitrogens with zero attached hydrogens (tertiary/aromatic N) is 3. The number of anilines is 3. The molecule has 0 aliphatic carbocycles. The van der Waals surface area contributed by atoms with E-state index < -0.39 is 5.82 Å². The lowest BCUT2D eigenvalue weighted by Crippen LogP contribution is -2.35. The number of rotatable bonds is 7. The van der Waals surface area contributed by atoms with E-state index in [-0.39, 0.29) is 22.6 Å². The molecule has 0 bridgehead atoms. The lowest BCUT2D eigenvalue weighted by atomic mass is 10.1. The van der Waals surface area contributed by atoms with Crippen LogP contribution in [0.3, 0.4) is 0 Å². The number of carbonyl (C=O) groups is 1. The van der Waals surface area contributed by atoms with E-state index in [4.69, 9.17) is 16.3 Å². The Labute approximate surface area is 212 Å². The molecule has 1 fully saturated rings. The Hall–Kier alpha value is -3.71. The highest BCUT2D eigenvalue weighted by Gasteiger charge is 2.17. The SMILES string of the molecule is COc1cc2ncc(C#N)c(Nc3ccc(F)c(Cl)c3)c2cc1NC(=O)/C=C/CN1CCC(O)CC1. The molecular formula is C26H25ClFN5O3. The van der Waals surface area contributed by atoms with Crippen molar-refractivity contribution in [3.05, 3.63) is 65.1 Å². The Bertz CT molecular complexity index is 1350. The molecule has 3 aromatic rings. The summed E-state index contributed by atoms with van der Waals surface area (Å²) in [7, 11) is 1.49. The number of ether oxygens (including phenoxy) is 1. The van der Waals surface area contributed by atoms with E-state index in [9.17, 15) is 19.6 Å². The van der Waals surface area contributed by atoms with Crippen LogP contribution in [-0.4, -0.2) is 53.7 Å². The highest BCUT2D eigenvalue weighted by molar-refractivity contribution is 6.31. The quantitative estimate of drug-likeness (QED) is 0.399. The molecule has 3 N–H and O–H groups in total. The minimum Gasteiger partial charge on any atom is -0.494 e. The average Bonchev–Trinajstić information content (AvgIpc) is 2.87. The van der Waals surface area contributed by atoms with Gasteiger partial charge in [-0.3, -0.25) is 14.7 Å². The number of amides is 1. The number of hydrogen-bond acceptors (Lipinski definition) is 7. The molecule has 1 amide bonds. The van der Waals surface area contributed by atoms with Gasteiger partial charge in [0.1, 0.15) is 17.6 Å². The molecule has 1 saturated heterocycles. The lowest BCUT2D eigenvalue weighted by Gasteiger charge is -2.28. The molecule has 2 aromatic carbocycles. The zero-order valence-electron chi connectivity index (χ0n) is 19.6. The first-order valence-electron chi connectivity index (χ1n) is 11.4. The second-order valence-electron chi connectivity index (χ2n) is 8.41. The van der Waals surface area contributed by atoms with Crippen molar-refractivity contribution >= 4 is 45.5 Å². The number of carbonyl (C=O) groups excluding carboxylic acids is 1. The highest BCUT2D eigenvalue weighted by Crippen LogP contribution is 2.36. The number of nitrogens with one attached hydrogen (secondary N) is 2. The molecule has 0 radical (unpaired) electrons. The average molecular weight is 510 g/mol. The number of methoxy groups -OCH3 is 1. The van der Waals surface area contributed by atoms with Gasteiger partial charge in [-0.1, -0.05) is 17.7 Å². The summed E-state index contributed by atoms with van der Waals surface area (Å²) >= 11 is 5.91. The molecule has 0 unspecified atom stereocenters. The zero-order valence-corrected chi connectivity index (χ0v) is 20.3. The van der Waals surface area contributed by atoms with E-state index in [1.54, 1.807) is 18.2 Å². The Morgan fingerprint density at radius 2 is 2.14 bits per heavy atom. The van der Waals surface area contributed by atoms with Crippen LogP contribution in [0.1, 0.15) is 18.4 Å². The zero-order chi connectivity index (χ0) is 25.7. The summed E-state index contributed by atoms with van der Waals surface area (Å²) in [5, 5.41) is 25.7. The minimum absolute atomic E-state index is 0.0565. The summed E-state index contributed by atoms with van der Waals surface area (Å²) in [5.74, 6) is -0.487. The first-order chi connectivity index (χ1) is 17.4. The summed E-state index contributed by atoms with van der Waals surface area (Å²) in [6, 6.07) is 9.60. The molecule has 1 aromatic heterocycles. The maximum Gasteiger partial charge on any atom is 0.248 e. The Morgan fingerprint density at radius 1 is 1.36 bits per heavy atom. The number of piperidine rings is 1. The van der Waals surface area contributed by atoms with Crippen LogP contribution in [0.4, 0.5) is 21.5 Å². The maximum absolute atomic E-state index is 13.6. The predicted molar refractivity (Wildman–Crippen MR) is 137 cm³/mol. The van der Waals surface area contributed by atoms with Crippen molar-refractivity contribution in [2.45, 2.75) is 18.9 Å². The summed E-state index contributed by atoms with van der Waals surface area (Å²) in [4.78, 5) is 19.1. The van der Waals surface area contributed by atoms with Crippen molar-refractivity contribution in [2.75, 3.05) is 37.4 Å². The number of aliphatic hydroxyl groups excluding tert-OH is 1. The van der Waals surface area contributed by atoms with Gasteiger partial charge in [0.15, 0.2) is 0 Å². The monoisotopic (exact) mass is 509 g/mol. The van der Waals surface area contributed by atoms with Crippen molar-refractivity contribution < 1.29 is 19.0 Å². The molecule has 0 saturated carbocycles. The smallest absolute Gasteiger partial charge is 0.248 e. The molecule has 0 spiro atoms. The third kappa shape index (κ3) is 5.91. The van der Waals surface area contributed by atoms with Crippen LogP contribution in [-0.2, 0) is 4.79 Å². The van der Waals surface area contributed by atoms with Gasteiger partial charge in [0.05, 0.1) is 40.7 Å². The number of halogens is 2. The van der Waals surface area contributed by atoms with E-state index in [1.807, 2.05) is 0 Å². The fourth-order valence-corrected chi connectivity index (χ4v) is 4.19. The third-order valence-electron chi connectivity index (χ3n) is 5.95. The van der Waals surface area contributed by atoms with Crippen LogP contribution in [0.25, 0.3) is 10.9 Å². The van der Waals surface area contributed by atoms with Gasteiger partial charge >= 0.3 is 0 Å². The van der Waals surface area contributed by atoms with Gasteiger partial charge in [0.2, 0.25) is 5.91 Å². The predicted octanol–water partition coefficient (Wildman–Crippen LogP) is 4.60. The first-order valence-corrected chi connectivity index (χ1v) is 11.8. The fourth-order valence-electron chi connectivity index (χ4n) is 4.01. The van der Waals surface area contributed by atoms with E-state index in [2.05, 4.69) is 26.6 Å². The van der Waals surface area contributed by atoms with Gasteiger partial charge in [-0.25, -0.2) is 4.39 Å². The maximum atomic E-state index is 13.6. The van der Waals surface area contributed by atoms with Gasteiger partial charge in [-0.05, 0) is 37.1 Å². The van der Waals surface area contributed by atoms with Crippen LogP contribution < -0.4 is 15.4 Å². The van der Waals surface area contributed by atoms with Crippen molar-refractivity contribution in [3.63, 3.8) is 0 Å². The second-order valence-corrected chi connectivity index (χ2v) is 8.81. The van der Waals surface area contributed by atoms with Crippen LogP contribution in [0.5, 0.6) is 5.75 Å². The molecule has 10 heteroatoms. The summed E-state index contributed by atoms with van der Waals surface area (Å²) in [6.45, 7) is 2.18. The van der Waals surface area contributed by atoms with Gasteiger partial charge in [0, 0.05) is 49.0 Å². The number of hydrogen-bond donors (Lipinski definition) is 3. The molecule has 186 valence electrons. The summed E-state index contributed by atoms with van der Waals surface area (Å²) in [6.07, 6.45) is 5.88. The van der Waals surface area contributed by atoms with E-state index in [0.717, 1.165) is 25.9 Å². The second kappa shape index (κ2) is 11.4. The molecule has 2 heterocycles. The van der Waals surface area contributed by atoms with Gasteiger partial charge < -0.3 is 20.5 Å². The number of fused-ring (bicyclic) bond motifs is 1. The van der Waals surface area contributed by atoms with Crippen molar-refractivity contribution in [2.24, 2.45) is 0 Å². The van der Waals surface area contributed by atoms with Crippen LogP contribution in [0.2, 0.25) is 5.02 Å². The molecule has 8 nitrogen and oxygen atoms in total. The van der Waals surface area contributed by atoms with Crippen molar-refractivity contribution in [1.29, 1.82) is 5.26 Å². The number of benzene rings is 2. The Kier molecular flexibility index (Phi) is 8.00. The van der Waals surface area contributed by atoms with Crippen LogP contribution in [0, 0.1) is 17.1 Å². The minimum atomic E-state index is -0.553. The van der Waals surface area contributed by atoms with Crippen LogP contribution >= 0.6 is 11.6 Å². The summed E-state index contributed by atoms with van der Waals surface area (Å²) < 4.78 is 19.1. The number of aromatic nitrogens is 1. The number of aliphatic hydroxyl groups is 1. The number of pyridine rings is 1. The molecule has 1 aliphatic heterocycles. The van der Waals surface area contributed by atoms with Crippen molar-refractivity contribution in [3.8, 4) is 11.8 Å². The number of nitriles is 1. The molecule has 36 heavy (non-hydrogen) atoms. The standard InChI is InChI=1S/C26H25ClFN5O3/c1-36-24-13-22-19(12-23(24)32-25(35)3-2-8-33-9-6-18(34)7-10-33)26(16(14-29)15-30-22)31-17-4-5-21(28)20(27)11-17/h2-5,11-13,15,18,34H,6-10H2,1H3,(H,30,31)(H,32,35)/b3-2+. The lowest BCUT2D eigenvalue weighted by molar-refractivity contribution is -0.111. The Morgan fingerprint density at radius 3 is 2.83 bits per heavy atom. The van der Waals surface area contributed by atoms with Crippen LogP contribution in [0.15, 0.2) is 48.7 Å². The first kappa shape index (κ1) is 25.4. The highest BCUT2D eigenvalue weighted by atomic mass is 35.5. The summed E-state index contributed by atoms with van der Waals surface area (Å²) in [5.41, 5.74) is 2.11. The van der Waals surface area contributed by atoms with E-state index >= 15 is 0 Å². The molecule has 0 atom stereocenters. The fraction of sp³-hybridized carbons (Fsp3) is 0.269. The number of likely N-dealkylation sites (tertiary alicyclic amines) is 1. The van der Waals surface area contributed by atoms with Crippen molar-refractivity contribution in [1.82, 2.24) is 9.88 Å². The normalized spacial score (nSPS) is 14.6. The molecule has 1 aliphatic rings. The third-order valence-corrected chi connectivity index (χ3v) is 6.24. The topological polar surface area (TPSA) is 111 Å².